The summed E-state index contributed by atoms with van der Waals surface area (Å²) in [5.74, 6) is -0.442. The van der Waals surface area contributed by atoms with Crippen molar-refractivity contribution < 1.29 is 9.53 Å². The zero-order chi connectivity index (χ0) is 10.7. The van der Waals surface area contributed by atoms with Crippen LogP contribution in [-0.4, -0.2) is 13.1 Å². The molecule has 0 N–H and O–H groups in total. The summed E-state index contributed by atoms with van der Waals surface area (Å²) in [7, 11) is 1.32. The number of esters is 1. The monoisotopic (exact) mass is 276 g/mol. The zero-order valence-electron chi connectivity index (χ0n) is 7.88. The Kier molecular flexibility index (Phi) is 3.96. The van der Waals surface area contributed by atoms with Crippen LogP contribution in [0.25, 0.3) is 0 Å². The molecule has 1 aromatic carbocycles. The van der Waals surface area contributed by atoms with Gasteiger partial charge in [0.25, 0.3) is 0 Å². The van der Waals surface area contributed by atoms with Crippen molar-refractivity contribution in [1.29, 1.82) is 0 Å². The highest BCUT2D eigenvalue weighted by Crippen LogP contribution is 2.26. The molecule has 0 aromatic heterocycles. The van der Waals surface area contributed by atoms with Gasteiger partial charge in [0, 0.05) is 4.47 Å². The predicted molar refractivity (Wildman–Crippen MR) is 59.5 cm³/mol. The second kappa shape index (κ2) is 4.80. The van der Waals surface area contributed by atoms with Gasteiger partial charge in [-0.2, -0.15) is 0 Å². The number of benzene rings is 1. The van der Waals surface area contributed by atoms with E-state index in [1.165, 1.54) is 7.11 Å². The molecule has 0 spiro atoms. The number of aryl methyl sites for hydroxylation is 1. The average molecular weight is 278 g/mol. The third-order valence-corrected chi connectivity index (χ3v) is 3.18. The molecule has 0 saturated heterocycles. The Bertz CT molecular complexity index is 352. The molecular weight excluding hydrogens is 267 g/mol. The van der Waals surface area contributed by atoms with Crippen molar-refractivity contribution in [2.45, 2.75) is 12.3 Å². The molecule has 0 aliphatic carbocycles. The van der Waals surface area contributed by atoms with Gasteiger partial charge in [-0.1, -0.05) is 28.1 Å². The third-order valence-electron chi connectivity index (χ3n) is 1.90. The predicted octanol–water partition coefficient (Wildman–Crippen LogP) is 3.21. The Morgan fingerprint density at radius 3 is 2.71 bits per heavy atom. The number of carbonyl (C=O) groups is 1. The molecule has 0 amide bonds. The lowest BCUT2D eigenvalue weighted by atomic mass is 10.1. The topological polar surface area (TPSA) is 26.3 Å². The van der Waals surface area contributed by atoms with Gasteiger partial charge in [0.05, 0.1) is 7.11 Å². The molecule has 0 aliphatic heterocycles. The summed E-state index contributed by atoms with van der Waals surface area (Å²) in [5, 5.41) is -0.739. The smallest absolute Gasteiger partial charge is 0.328 e. The van der Waals surface area contributed by atoms with Crippen LogP contribution in [0.5, 0.6) is 0 Å². The molecule has 0 saturated carbocycles. The first-order chi connectivity index (χ1) is 6.56. The van der Waals surface area contributed by atoms with E-state index in [9.17, 15) is 4.79 Å². The normalized spacial score (nSPS) is 12.3. The van der Waals surface area contributed by atoms with Crippen molar-refractivity contribution >= 4 is 33.5 Å². The van der Waals surface area contributed by atoms with Gasteiger partial charge < -0.3 is 4.74 Å². The van der Waals surface area contributed by atoms with E-state index < -0.39 is 11.3 Å². The average Bonchev–Trinajstić information content (AvgIpc) is 2.20. The molecule has 14 heavy (non-hydrogen) atoms. The maximum atomic E-state index is 11.1. The van der Waals surface area contributed by atoms with Crippen LogP contribution in [0.3, 0.4) is 0 Å². The van der Waals surface area contributed by atoms with E-state index >= 15 is 0 Å². The first kappa shape index (κ1) is 11.5. The molecule has 1 unspecified atom stereocenters. The third kappa shape index (κ3) is 2.49. The number of methoxy groups -OCH3 is 1. The second-order valence-electron chi connectivity index (χ2n) is 2.89. The van der Waals surface area contributed by atoms with E-state index in [-0.39, 0.29) is 0 Å². The van der Waals surface area contributed by atoms with Crippen molar-refractivity contribution in [2.24, 2.45) is 0 Å². The lowest BCUT2D eigenvalue weighted by Crippen LogP contribution is -2.08. The zero-order valence-corrected chi connectivity index (χ0v) is 10.2. The minimum absolute atomic E-state index is 0.442. The number of ether oxygens (including phenoxy) is 1. The van der Waals surface area contributed by atoms with E-state index in [1.54, 1.807) is 0 Å². The summed E-state index contributed by atoms with van der Waals surface area (Å²) < 4.78 is 5.49. The highest BCUT2D eigenvalue weighted by Gasteiger charge is 2.18. The number of rotatable bonds is 2. The van der Waals surface area contributed by atoms with E-state index in [4.69, 9.17) is 11.6 Å². The Morgan fingerprint density at radius 2 is 2.21 bits per heavy atom. The molecule has 1 atom stereocenters. The molecule has 0 radical (unpaired) electrons. The van der Waals surface area contributed by atoms with Gasteiger partial charge in [0.2, 0.25) is 0 Å². The van der Waals surface area contributed by atoms with Crippen LogP contribution in [0.1, 0.15) is 16.5 Å². The SMILES string of the molecule is COC(=O)C(Cl)c1ccc(C)c(Br)c1. The van der Waals surface area contributed by atoms with E-state index in [0.29, 0.717) is 0 Å². The van der Waals surface area contributed by atoms with Crippen LogP contribution in [0.4, 0.5) is 0 Å². The number of hydrogen-bond donors (Lipinski definition) is 0. The fourth-order valence-electron chi connectivity index (χ4n) is 1.01. The van der Waals surface area contributed by atoms with Crippen molar-refractivity contribution in [1.82, 2.24) is 0 Å². The lowest BCUT2D eigenvalue weighted by Gasteiger charge is -2.08. The van der Waals surface area contributed by atoms with Crippen molar-refractivity contribution in [2.75, 3.05) is 7.11 Å². The van der Waals surface area contributed by atoms with Crippen LogP contribution < -0.4 is 0 Å². The van der Waals surface area contributed by atoms with Crippen LogP contribution in [0.2, 0.25) is 0 Å². The summed E-state index contributed by atoms with van der Waals surface area (Å²) in [6, 6.07) is 5.54. The molecule has 2 nitrogen and oxygen atoms in total. The van der Waals surface area contributed by atoms with Gasteiger partial charge in [0.15, 0.2) is 5.38 Å². The Hall–Kier alpha value is -0.540. The standard InChI is InChI=1S/C10H10BrClO2/c1-6-3-4-7(5-8(6)11)9(12)10(13)14-2/h3-5,9H,1-2H3. The number of hydrogen-bond acceptors (Lipinski definition) is 2. The summed E-state index contributed by atoms with van der Waals surface area (Å²) in [5.41, 5.74) is 1.83. The summed E-state index contributed by atoms with van der Waals surface area (Å²) in [6.07, 6.45) is 0. The van der Waals surface area contributed by atoms with Gasteiger partial charge >= 0.3 is 5.97 Å². The quantitative estimate of drug-likeness (QED) is 0.613. The van der Waals surface area contributed by atoms with Gasteiger partial charge in [-0.15, -0.1) is 11.6 Å². The maximum Gasteiger partial charge on any atom is 0.328 e. The molecule has 0 bridgehead atoms. The van der Waals surface area contributed by atoms with Gasteiger partial charge in [-0.25, -0.2) is 0 Å². The first-order valence-corrected chi connectivity index (χ1v) is 5.27. The fourth-order valence-corrected chi connectivity index (χ4v) is 1.63. The van der Waals surface area contributed by atoms with Crippen LogP contribution >= 0.6 is 27.5 Å². The van der Waals surface area contributed by atoms with Crippen molar-refractivity contribution in [3.8, 4) is 0 Å². The second-order valence-corrected chi connectivity index (χ2v) is 4.19. The van der Waals surface area contributed by atoms with Gasteiger partial charge in [-0.05, 0) is 24.1 Å². The molecule has 0 aliphatic rings. The Morgan fingerprint density at radius 1 is 1.57 bits per heavy atom. The highest BCUT2D eigenvalue weighted by atomic mass is 79.9. The molecule has 1 rings (SSSR count). The van der Waals surface area contributed by atoms with Crippen LogP contribution in [-0.2, 0) is 9.53 Å². The van der Waals surface area contributed by atoms with E-state index in [0.717, 1.165) is 15.6 Å². The summed E-state index contributed by atoms with van der Waals surface area (Å²) in [6.45, 7) is 1.97. The lowest BCUT2D eigenvalue weighted by molar-refractivity contribution is -0.140. The fraction of sp³-hybridized carbons (Fsp3) is 0.300. The summed E-state index contributed by atoms with van der Waals surface area (Å²) in [4.78, 5) is 11.1. The van der Waals surface area contributed by atoms with E-state index in [1.807, 2.05) is 25.1 Å². The highest BCUT2D eigenvalue weighted by molar-refractivity contribution is 9.10. The molecule has 0 heterocycles. The molecular formula is C10H10BrClO2. The Labute approximate surface area is 96.3 Å². The van der Waals surface area contributed by atoms with Crippen molar-refractivity contribution in [3.63, 3.8) is 0 Å². The molecule has 1 aromatic rings. The molecule has 76 valence electrons. The number of alkyl halides is 1. The minimum atomic E-state index is -0.739. The Balaban J connectivity index is 2.96. The van der Waals surface area contributed by atoms with Crippen molar-refractivity contribution in [3.05, 3.63) is 33.8 Å². The number of carbonyl (C=O) groups excluding carboxylic acids is 1. The number of halogens is 2. The molecule has 0 fully saturated rings. The van der Waals surface area contributed by atoms with Crippen LogP contribution in [0, 0.1) is 6.92 Å². The van der Waals surface area contributed by atoms with Gasteiger partial charge in [-0.3, -0.25) is 4.79 Å². The van der Waals surface area contributed by atoms with Gasteiger partial charge in [0.1, 0.15) is 0 Å². The summed E-state index contributed by atoms with van der Waals surface area (Å²) >= 11 is 9.26. The van der Waals surface area contributed by atoms with E-state index in [2.05, 4.69) is 20.7 Å². The maximum absolute atomic E-state index is 11.1. The minimum Gasteiger partial charge on any atom is -0.468 e. The largest absolute Gasteiger partial charge is 0.468 e. The molecule has 4 heteroatoms. The first-order valence-electron chi connectivity index (χ1n) is 4.04. The van der Waals surface area contributed by atoms with Crippen LogP contribution in [0.15, 0.2) is 22.7 Å².